The summed E-state index contributed by atoms with van der Waals surface area (Å²) in [6.07, 6.45) is 1.67. The van der Waals surface area contributed by atoms with E-state index < -0.39 is 0 Å². The Morgan fingerprint density at radius 1 is 1.16 bits per heavy atom. The number of halogens is 2. The highest BCUT2D eigenvalue weighted by Crippen LogP contribution is 2.22. The number of nitrogens with one attached hydrogen (secondary N) is 1. The molecule has 0 unspecified atom stereocenters. The predicted octanol–water partition coefficient (Wildman–Crippen LogP) is 4.01. The number of carbonyl (C=O) groups excluding carboxylic acids is 1. The van der Waals surface area contributed by atoms with Gasteiger partial charge in [-0.05, 0) is 55.3 Å². The summed E-state index contributed by atoms with van der Waals surface area (Å²) in [6, 6.07) is 14.2. The number of likely N-dealkylation sites (tertiary alicyclic amines) is 1. The smallest absolute Gasteiger partial charge is 0.223 e. The number of hydrogen-bond acceptors (Lipinski definition) is 2. The first-order valence-corrected chi connectivity index (χ1v) is 8.97. The molecule has 1 aliphatic rings. The Hall–Kier alpha value is -1.91. The molecule has 25 heavy (non-hydrogen) atoms. The van der Waals surface area contributed by atoms with Gasteiger partial charge in [-0.1, -0.05) is 41.9 Å². The van der Waals surface area contributed by atoms with E-state index in [9.17, 15) is 9.18 Å². The van der Waals surface area contributed by atoms with Crippen molar-refractivity contribution in [2.45, 2.75) is 25.9 Å². The maximum Gasteiger partial charge on any atom is 0.223 e. The average molecular weight is 361 g/mol. The fourth-order valence-electron chi connectivity index (χ4n) is 3.20. The van der Waals surface area contributed by atoms with E-state index >= 15 is 0 Å². The first-order valence-electron chi connectivity index (χ1n) is 8.60. The van der Waals surface area contributed by atoms with Crippen LogP contribution in [0.2, 0.25) is 5.02 Å². The quantitative estimate of drug-likeness (QED) is 0.873. The van der Waals surface area contributed by atoms with Gasteiger partial charge in [-0.25, -0.2) is 4.39 Å². The van der Waals surface area contributed by atoms with E-state index in [1.165, 1.54) is 12.1 Å². The number of nitrogens with zero attached hydrogens (tertiary/aromatic N) is 1. The molecule has 2 aromatic rings. The number of rotatable bonds is 5. The highest BCUT2D eigenvalue weighted by atomic mass is 35.5. The average Bonchev–Trinajstić information content (AvgIpc) is 2.62. The molecule has 1 aliphatic heterocycles. The highest BCUT2D eigenvalue weighted by molar-refractivity contribution is 6.31. The minimum absolute atomic E-state index is 0.0241. The van der Waals surface area contributed by atoms with Crippen molar-refractivity contribution >= 4 is 17.5 Å². The Morgan fingerprint density at radius 3 is 2.64 bits per heavy atom. The zero-order valence-corrected chi connectivity index (χ0v) is 14.8. The van der Waals surface area contributed by atoms with Crippen molar-refractivity contribution in [3.05, 3.63) is 70.5 Å². The van der Waals surface area contributed by atoms with Crippen LogP contribution < -0.4 is 5.32 Å². The van der Waals surface area contributed by atoms with Gasteiger partial charge < -0.3 is 5.32 Å². The van der Waals surface area contributed by atoms with Crippen molar-refractivity contribution in [3.63, 3.8) is 0 Å². The second-order valence-corrected chi connectivity index (χ2v) is 6.90. The number of hydrogen-bond donors (Lipinski definition) is 1. The standard InChI is InChI=1S/C20H22ClFN2O/c21-19-7-2-1-5-17(19)14-24-10-8-16(9-11-24)20(25)23-13-15-4-3-6-18(22)12-15/h1-7,12,16H,8-11,13-14H2,(H,23,25). The second kappa shape index (κ2) is 8.45. The van der Waals surface area contributed by atoms with Crippen LogP contribution in [-0.4, -0.2) is 23.9 Å². The molecule has 3 rings (SSSR count). The Bertz CT molecular complexity index is 729. The molecule has 0 atom stereocenters. The summed E-state index contributed by atoms with van der Waals surface area (Å²) in [4.78, 5) is 14.7. The van der Waals surface area contributed by atoms with Crippen LogP contribution in [0.1, 0.15) is 24.0 Å². The molecule has 0 spiro atoms. The Kier molecular flexibility index (Phi) is 6.05. The summed E-state index contributed by atoms with van der Waals surface area (Å²) < 4.78 is 13.2. The predicted molar refractivity (Wildman–Crippen MR) is 97.7 cm³/mol. The van der Waals surface area contributed by atoms with E-state index in [1.54, 1.807) is 6.07 Å². The van der Waals surface area contributed by atoms with Gasteiger partial charge in [0.05, 0.1) is 0 Å². The molecular weight excluding hydrogens is 339 g/mol. The molecule has 2 aromatic carbocycles. The molecule has 0 radical (unpaired) electrons. The summed E-state index contributed by atoms with van der Waals surface area (Å²) in [5.41, 5.74) is 1.91. The third-order valence-electron chi connectivity index (χ3n) is 4.67. The first-order chi connectivity index (χ1) is 12.1. The third kappa shape index (κ3) is 5.03. The number of amides is 1. The molecular formula is C20H22ClFN2O. The van der Waals surface area contributed by atoms with Crippen molar-refractivity contribution in [2.75, 3.05) is 13.1 Å². The molecule has 5 heteroatoms. The lowest BCUT2D eigenvalue weighted by atomic mass is 9.95. The van der Waals surface area contributed by atoms with Crippen LogP contribution in [0.5, 0.6) is 0 Å². The monoisotopic (exact) mass is 360 g/mol. The molecule has 1 N–H and O–H groups in total. The zero-order chi connectivity index (χ0) is 17.6. The van der Waals surface area contributed by atoms with Crippen molar-refractivity contribution in [2.24, 2.45) is 5.92 Å². The molecule has 0 aliphatic carbocycles. The van der Waals surface area contributed by atoms with Gasteiger partial charge in [0.15, 0.2) is 0 Å². The van der Waals surface area contributed by atoms with Crippen LogP contribution in [0.3, 0.4) is 0 Å². The maximum absolute atomic E-state index is 13.2. The summed E-state index contributed by atoms with van der Waals surface area (Å²) >= 11 is 6.22. The van der Waals surface area contributed by atoms with Crippen LogP contribution >= 0.6 is 11.6 Å². The molecule has 1 saturated heterocycles. The third-order valence-corrected chi connectivity index (χ3v) is 5.03. The van der Waals surface area contributed by atoms with Gasteiger partial charge in [-0.15, -0.1) is 0 Å². The highest BCUT2D eigenvalue weighted by Gasteiger charge is 2.25. The SMILES string of the molecule is O=C(NCc1cccc(F)c1)C1CCN(Cc2ccccc2Cl)CC1. The maximum atomic E-state index is 13.2. The lowest BCUT2D eigenvalue weighted by Crippen LogP contribution is -2.40. The number of piperidine rings is 1. The molecule has 1 heterocycles. The summed E-state index contributed by atoms with van der Waals surface area (Å²) in [5, 5.41) is 3.71. The van der Waals surface area contributed by atoms with E-state index in [-0.39, 0.29) is 17.6 Å². The Labute approximate surface area is 152 Å². The minimum atomic E-state index is -0.278. The van der Waals surface area contributed by atoms with E-state index in [4.69, 9.17) is 11.6 Å². The van der Waals surface area contributed by atoms with Crippen LogP contribution in [-0.2, 0) is 17.9 Å². The van der Waals surface area contributed by atoms with E-state index in [2.05, 4.69) is 10.2 Å². The van der Waals surface area contributed by atoms with Gasteiger partial charge in [0.25, 0.3) is 0 Å². The molecule has 0 aromatic heterocycles. The van der Waals surface area contributed by atoms with Gasteiger partial charge in [0.1, 0.15) is 5.82 Å². The van der Waals surface area contributed by atoms with Gasteiger partial charge in [-0.3, -0.25) is 9.69 Å². The van der Waals surface area contributed by atoms with Crippen LogP contribution in [0, 0.1) is 11.7 Å². The van der Waals surface area contributed by atoms with Crippen molar-refractivity contribution < 1.29 is 9.18 Å². The summed E-state index contributed by atoms with van der Waals surface area (Å²) in [6.45, 7) is 2.94. The summed E-state index contributed by atoms with van der Waals surface area (Å²) in [7, 11) is 0. The summed E-state index contributed by atoms with van der Waals surface area (Å²) in [5.74, 6) is -0.197. The largest absolute Gasteiger partial charge is 0.352 e. The van der Waals surface area contributed by atoms with Gasteiger partial charge in [0.2, 0.25) is 5.91 Å². The number of carbonyl (C=O) groups is 1. The molecule has 3 nitrogen and oxygen atoms in total. The molecule has 132 valence electrons. The van der Waals surface area contributed by atoms with Gasteiger partial charge in [-0.2, -0.15) is 0 Å². The fraction of sp³-hybridized carbons (Fsp3) is 0.350. The first kappa shape index (κ1) is 17.9. The topological polar surface area (TPSA) is 32.3 Å². The molecule has 0 bridgehead atoms. The van der Waals surface area contributed by atoms with Crippen LogP contribution in [0.15, 0.2) is 48.5 Å². The van der Waals surface area contributed by atoms with E-state index in [0.29, 0.717) is 6.54 Å². The Morgan fingerprint density at radius 2 is 1.92 bits per heavy atom. The van der Waals surface area contributed by atoms with Crippen molar-refractivity contribution in [3.8, 4) is 0 Å². The second-order valence-electron chi connectivity index (χ2n) is 6.49. The zero-order valence-electron chi connectivity index (χ0n) is 14.1. The fourth-order valence-corrected chi connectivity index (χ4v) is 3.40. The molecule has 0 saturated carbocycles. The van der Waals surface area contributed by atoms with Crippen molar-refractivity contribution in [1.29, 1.82) is 0 Å². The normalized spacial score (nSPS) is 15.9. The lowest BCUT2D eigenvalue weighted by molar-refractivity contribution is -0.126. The molecule has 1 fully saturated rings. The lowest BCUT2D eigenvalue weighted by Gasteiger charge is -2.31. The van der Waals surface area contributed by atoms with Gasteiger partial charge >= 0.3 is 0 Å². The van der Waals surface area contributed by atoms with E-state index in [0.717, 1.165) is 48.6 Å². The van der Waals surface area contributed by atoms with Crippen molar-refractivity contribution in [1.82, 2.24) is 10.2 Å². The van der Waals surface area contributed by atoms with Crippen LogP contribution in [0.4, 0.5) is 4.39 Å². The minimum Gasteiger partial charge on any atom is -0.352 e. The number of benzene rings is 2. The van der Waals surface area contributed by atoms with E-state index in [1.807, 2.05) is 30.3 Å². The molecule has 1 amide bonds. The Balaban J connectivity index is 1.45. The van der Waals surface area contributed by atoms with Crippen LogP contribution in [0.25, 0.3) is 0 Å². The van der Waals surface area contributed by atoms with Gasteiger partial charge in [0, 0.05) is 24.0 Å².